The van der Waals surface area contributed by atoms with Crippen molar-refractivity contribution < 1.29 is 19.1 Å². The summed E-state index contributed by atoms with van der Waals surface area (Å²) >= 11 is 0. The lowest BCUT2D eigenvalue weighted by Crippen LogP contribution is -2.48. The Morgan fingerprint density at radius 1 is 1.45 bits per heavy atom. The van der Waals surface area contributed by atoms with E-state index in [1.165, 1.54) is 0 Å². The van der Waals surface area contributed by atoms with Crippen LogP contribution in [0.3, 0.4) is 0 Å². The Hall–Kier alpha value is -2.39. The van der Waals surface area contributed by atoms with Crippen LogP contribution in [0.2, 0.25) is 0 Å². The van der Waals surface area contributed by atoms with Crippen molar-refractivity contribution in [1.29, 1.82) is 5.26 Å². The first-order valence-electron chi connectivity index (χ1n) is 6.29. The third-order valence-electron chi connectivity index (χ3n) is 3.42. The van der Waals surface area contributed by atoms with E-state index in [2.05, 4.69) is 0 Å². The summed E-state index contributed by atoms with van der Waals surface area (Å²) in [5.74, 6) is -0.380. The topological polar surface area (TPSA) is 79.6 Å². The van der Waals surface area contributed by atoms with Crippen LogP contribution in [0.4, 0.5) is 0 Å². The highest BCUT2D eigenvalue weighted by molar-refractivity contribution is 5.89. The predicted molar refractivity (Wildman–Crippen MR) is 66.4 cm³/mol. The number of β-lactam (4-membered cyclic amide) rings is 1. The molecule has 0 aliphatic carbocycles. The molecule has 1 aromatic rings. The van der Waals surface area contributed by atoms with Gasteiger partial charge in [0.25, 0.3) is 0 Å². The number of amides is 1. The molecular weight excluding hydrogens is 260 g/mol. The number of nitrogens with zero attached hydrogens (tertiary/aromatic N) is 2. The maximum Gasteiger partial charge on any atom is 0.338 e. The van der Waals surface area contributed by atoms with Crippen molar-refractivity contribution >= 4 is 11.9 Å². The van der Waals surface area contributed by atoms with Crippen molar-refractivity contribution in [1.82, 2.24) is 4.90 Å². The molecule has 2 fully saturated rings. The number of ether oxygens (including phenoxy) is 2. The first-order chi connectivity index (χ1) is 9.67. The monoisotopic (exact) mass is 272 g/mol. The number of fused-ring (bicyclic) bond motifs is 1. The number of esters is 1. The van der Waals surface area contributed by atoms with E-state index < -0.39 is 5.97 Å². The van der Waals surface area contributed by atoms with Gasteiger partial charge in [-0.1, -0.05) is 0 Å². The average Bonchev–Trinajstić information content (AvgIpc) is 2.81. The molecule has 0 aromatic heterocycles. The zero-order valence-electron chi connectivity index (χ0n) is 10.6. The molecule has 2 heterocycles. The molecule has 2 aliphatic rings. The number of carbonyl (C=O) groups excluding carboxylic acids is 2. The summed E-state index contributed by atoms with van der Waals surface area (Å²) < 4.78 is 10.7. The van der Waals surface area contributed by atoms with E-state index in [-0.39, 0.29) is 24.8 Å². The molecule has 6 heteroatoms. The Labute approximate surface area is 115 Å². The summed E-state index contributed by atoms with van der Waals surface area (Å²) in [5, 5.41) is 8.68. The van der Waals surface area contributed by atoms with Gasteiger partial charge in [-0.2, -0.15) is 5.26 Å². The quantitative estimate of drug-likeness (QED) is 0.597. The number of hydrogen-bond donors (Lipinski definition) is 0. The summed E-state index contributed by atoms with van der Waals surface area (Å²) in [6.45, 7) is 0.600. The molecular formula is C14H12N2O4. The molecule has 6 nitrogen and oxygen atoms in total. The number of rotatable bonds is 3. The van der Waals surface area contributed by atoms with Crippen LogP contribution in [0.15, 0.2) is 24.3 Å². The Morgan fingerprint density at radius 2 is 2.20 bits per heavy atom. The zero-order chi connectivity index (χ0) is 14.1. The maximum absolute atomic E-state index is 11.8. The minimum absolute atomic E-state index is 0.0796. The van der Waals surface area contributed by atoms with Crippen LogP contribution >= 0.6 is 0 Å². The van der Waals surface area contributed by atoms with Gasteiger partial charge in [-0.25, -0.2) is 4.79 Å². The van der Waals surface area contributed by atoms with Gasteiger partial charge in [0.1, 0.15) is 18.9 Å². The van der Waals surface area contributed by atoms with Gasteiger partial charge in [-0.05, 0) is 24.3 Å². The lowest BCUT2D eigenvalue weighted by Gasteiger charge is -2.31. The van der Waals surface area contributed by atoms with Crippen molar-refractivity contribution in [3.63, 3.8) is 0 Å². The van der Waals surface area contributed by atoms with Crippen LogP contribution in [0.1, 0.15) is 22.3 Å². The van der Waals surface area contributed by atoms with Gasteiger partial charge in [-0.3, -0.25) is 4.79 Å². The van der Waals surface area contributed by atoms with Crippen LogP contribution in [0.5, 0.6) is 0 Å². The molecule has 1 aromatic carbocycles. The van der Waals surface area contributed by atoms with Crippen LogP contribution in [0.25, 0.3) is 0 Å². The smallest absolute Gasteiger partial charge is 0.338 e. The largest absolute Gasteiger partial charge is 0.459 e. The van der Waals surface area contributed by atoms with E-state index in [1.807, 2.05) is 6.07 Å². The minimum Gasteiger partial charge on any atom is -0.459 e. The second-order valence-corrected chi connectivity index (χ2v) is 4.75. The Kier molecular flexibility index (Phi) is 3.12. The van der Waals surface area contributed by atoms with E-state index >= 15 is 0 Å². The fraction of sp³-hybridized carbons (Fsp3) is 0.357. The summed E-state index contributed by atoms with van der Waals surface area (Å²) in [7, 11) is 0. The van der Waals surface area contributed by atoms with Crippen LogP contribution in [-0.4, -0.2) is 42.3 Å². The molecule has 0 N–H and O–H groups in total. The van der Waals surface area contributed by atoms with Gasteiger partial charge in [0, 0.05) is 0 Å². The summed E-state index contributed by atoms with van der Waals surface area (Å²) in [4.78, 5) is 24.6. The van der Waals surface area contributed by atoms with Gasteiger partial charge in [-0.15, -0.1) is 0 Å². The highest BCUT2D eigenvalue weighted by Crippen LogP contribution is 2.28. The van der Waals surface area contributed by atoms with Crippen molar-refractivity contribution in [3.8, 4) is 6.07 Å². The lowest BCUT2D eigenvalue weighted by molar-refractivity contribution is -0.156. The second-order valence-electron chi connectivity index (χ2n) is 4.75. The standard InChI is InChI=1S/C14H12N2O4/c15-6-9-1-3-10(4-2-9)14(18)19-8-11-7-16-12(17)5-13(16)20-11/h1-4,11,13H,5,7-8H2. The summed E-state index contributed by atoms with van der Waals surface area (Å²) in [6, 6.07) is 8.20. The van der Waals surface area contributed by atoms with E-state index in [9.17, 15) is 9.59 Å². The normalized spacial score (nSPS) is 23.8. The molecule has 3 rings (SSSR count). The Morgan fingerprint density at radius 3 is 2.80 bits per heavy atom. The molecule has 0 spiro atoms. The zero-order valence-corrected chi connectivity index (χ0v) is 10.6. The van der Waals surface area contributed by atoms with Gasteiger partial charge in [0.15, 0.2) is 0 Å². The van der Waals surface area contributed by atoms with Crippen LogP contribution < -0.4 is 0 Å². The molecule has 0 bridgehead atoms. The van der Waals surface area contributed by atoms with Crippen LogP contribution in [-0.2, 0) is 14.3 Å². The first kappa shape index (κ1) is 12.6. The average molecular weight is 272 g/mol. The molecule has 102 valence electrons. The number of hydrogen-bond acceptors (Lipinski definition) is 5. The summed E-state index contributed by atoms with van der Waals surface area (Å²) in [6.07, 6.45) is 0.0231. The Bertz CT molecular complexity index is 590. The van der Waals surface area contributed by atoms with Crippen LogP contribution in [0, 0.1) is 11.3 Å². The van der Waals surface area contributed by atoms with Crippen molar-refractivity contribution in [2.24, 2.45) is 0 Å². The molecule has 0 radical (unpaired) electrons. The fourth-order valence-corrected chi connectivity index (χ4v) is 2.28. The second kappa shape index (κ2) is 4.94. The van der Waals surface area contributed by atoms with Gasteiger partial charge < -0.3 is 14.4 Å². The summed E-state index contributed by atoms with van der Waals surface area (Å²) in [5.41, 5.74) is 0.880. The fourth-order valence-electron chi connectivity index (χ4n) is 2.28. The first-order valence-corrected chi connectivity index (χ1v) is 6.29. The predicted octanol–water partition coefficient (Wildman–Crippen LogP) is 0.672. The van der Waals surface area contributed by atoms with Gasteiger partial charge in [0.05, 0.1) is 30.2 Å². The van der Waals surface area contributed by atoms with E-state index in [0.29, 0.717) is 24.1 Å². The number of nitriles is 1. The maximum atomic E-state index is 11.8. The molecule has 2 atom stereocenters. The number of carbonyl (C=O) groups is 2. The van der Waals surface area contributed by atoms with E-state index in [1.54, 1.807) is 29.2 Å². The molecule has 1 amide bonds. The molecule has 2 unspecified atom stereocenters. The third kappa shape index (κ3) is 2.24. The Balaban J connectivity index is 1.52. The van der Waals surface area contributed by atoms with Gasteiger partial charge in [0.2, 0.25) is 5.91 Å². The van der Waals surface area contributed by atoms with E-state index in [4.69, 9.17) is 14.7 Å². The van der Waals surface area contributed by atoms with Crippen molar-refractivity contribution in [3.05, 3.63) is 35.4 Å². The molecule has 2 aliphatic heterocycles. The highest BCUT2D eigenvalue weighted by atomic mass is 16.6. The number of benzene rings is 1. The van der Waals surface area contributed by atoms with E-state index in [0.717, 1.165) is 0 Å². The van der Waals surface area contributed by atoms with Crippen molar-refractivity contribution in [2.45, 2.75) is 18.8 Å². The highest BCUT2D eigenvalue weighted by Gasteiger charge is 2.45. The molecule has 2 saturated heterocycles. The molecule has 20 heavy (non-hydrogen) atoms. The SMILES string of the molecule is N#Cc1ccc(C(=O)OCC2CN3C(=O)CC3O2)cc1. The minimum atomic E-state index is -0.460. The lowest BCUT2D eigenvalue weighted by atomic mass is 10.1. The van der Waals surface area contributed by atoms with Gasteiger partial charge >= 0.3 is 5.97 Å². The van der Waals surface area contributed by atoms with Crippen molar-refractivity contribution in [2.75, 3.05) is 13.2 Å². The third-order valence-corrected chi connectivity index (χ3v) is 3.42. The molecule has 0 saturated carbocycles.